The van der Waals surface area contributed by atoms with E-state index in [1.807, 2.05) is 73.3 Å². The maximum Gasteiger partial charge on any atom is 0.248 e. The zero-order chi connectivity index (χ0) is 34.8. The lowest BCUT2D eigenvalue weighted by Crippen LogP contribution is -2.60. The van der Waals surface area contributed by atoms with Crippen molar-refractivity contribution >= 4 is 23.4 Å². The third-order valence-corrected chi connectivity index (χ3v) is 11.3. The molecule has 6 rings (SSSR count). The average Bonchev–Trinajstić information content (AvgIpc) is 3.69. The predicted molar refractivity (Wildman–Crippen MR) is 189 cm³/mol. The van der Waals surface area contributed by atoms with Crippen LogP contribution in [-0.2, 0) is 25.5 Å². The van der Waals surface area contributed by atoms with Crippen LogP contribution >= 0.6 is 0 Å². The van der Waals surface area contributed by atoms with Gasteiger partial charge >= 0.3 is 0 Å². The van der Waals surface area contributed by atoms with E-state index in [1.165, 1.54) is 0 Å². The van der Waals surface area contributed by atoms with Crippen molar-refractivity contribution in [2.75, 3.05) is 31.2 Å². The highest BCUT2D eigenvalue weighted by Gasteiger charge is 2.79. The van der Waals surface area contributed by atoms with E-state index in [2.05, 4.69) is 13.2 Å². The minimum absolute atomic E-state index is 0.0303. The second-order valence-electron chi connectivity index (χ2n) is 14.2. The van der Waals surface area contributed by atoms with Crippen molar-refractivity contribution in [1.82, 2.24) is 9.80 Å². The molecule has 3 saturated heterocycles. The first kappa shape index (κ1) is 34.9. The normalized spacial score (nSPS) is 28.2. The van der Waals surface area contributed by atoms with E-state index in [0.717, 1.165) is 37.7 Å². The van der Waals surface area contributed by atoms with E-state index in [9.17, 15) is 9.90 Å². The van der Waals surface area contributed by atoms with Crippen LogP contribution in [0.3, 0.4) is 0 Å². The average molecular weight is 670 g/mol. The van der Waals surface area contributed by atoms with Crippen LogP contribution in [0.5, 0.6) is 5.75 Å². The summed E-state index contributed by atoms with van der Waals surface area (Å²) in [6, 6.07) is 15.4. The van der Waals surface area contributed by atoms with Gasteiger partial charge in [-0.05, 0) is 75.8 Å². The summed E-state index contributed by atoms with van der Waals surface area (Å²) < 4.78 is 12.6. The second-order valence-corrected chi connectivity index (χ2v) is 14.2. The molecule has 262 valence electrons. The van der Waals surface area contributed by atoms with Gasteiger partial charge in [0, 0.05) is 24.8 Å². The van der Waals surface area contributed by atoms with Gasteiger partial charge in [0.1, 0.15) is 17.4 Å². The lowest BCUT2D eigenvalue weighted by molar-refractivity contribution is -0.156. The first-order valence-electron chi connectivity index (χ1n) is 18.0. The van der Waals surface area contributed by atoms with Gasteiger partial charge in [-0.15, -0.1) is 13.2 Å². The van der Waals surface area contributed by atoms with Crippen LogP contribution in [-0.4, -0.2) is 88.3 Å². The minimum Gasteiger partial charge on any atom is -0.494 e. The number of rotatable bonds is 14. The summed E-state index contributed by atoms with van der Waals surface area (Å²) in [5.74, 6) is -1.74. The van der Waals surface area contributed by atoms with Crippen LogP contribution in [0.4, 0.5) is 5.69 Å². The molecular weight excluding hydrogens is 618 g/mol. The number of carbonyl (C=O) groups is 3. The molecule has 0 radical (unpaired) electrons. The molecule has 2 aromatic carbocycles. The highest BCUT2D eigenvalue weighted by Crippen LogP contribution is 2.64. The number of hydrogen-bond donors (Lipinski definition) is 1. The third-order valence-electron chi connectivity index (χ3n) is 11.3. The van der Waals surface area contributed by atoms with E-state index in [0.29, 0.717) is 43.9 Å². The SMILES string of the molecule is C=CCN(C(=O)[C@H]1[C@H]2C(=O)N([C@@H](CO)Cc3ccccc3)C(C(=O)N(CC=C)C3CCCCC3)C23CC[C@]1(C)O3)c1ccc(OCC)cc1. The van der Waals surface area contributed by atoms with E-state index in [-0.39, 0.29) is 36.9 Å². The van der Waals surface area contributed by atoms with E-state index in [4.69, 9.17) is 9.47 Å². The lowest BCUT2D eigenvalue weighted by Gasteiger charge is -2.42. The Morgan fingerprint density at radius 2 is 1.71 bits per heavy atom. The van der Waals surface area contributed by atoms with Crippen LogP contribution in [0.1, 0.15) is 64.4 Å². The van der Waals surface area contributed by atoms with Gasteiger partial charge in [0.2, 0.25) is 17.7 Å². The molecule has 6 atom stereocenters. The molecule has 1 saturated carbocycles. The highest BCUT2D eigenvalue weighted by atomic mass is 16.5. The number of hydrogen-bond acceptors (Lipinski definition) is 6. The Bertz CT molecular complexity index is 1520. The Morgan fingerprint density at radius 1 is 1.02 bits per heavy atom. The number of benzene rings is 2. The number of ether oxygens (including phenoxy) is 2. The van der Waals surface area contributed by atoms with Gasteiger partial charge < -0.3 is 29.3 Å². The monoisotopic (exact) mass is 669 g/mol. The van der Waals surface area contributed by atoms with Crippen molar-refractivity contribution in [2.24, 2.45) is 11.8 Å². The van der Waals surface area contributed by atoms with Crippen molar-refractivity contribution in [1.29, 1.82) is 0 Å². The van der Waals surface area contributed by atoms with Crippen LogP contribution in [0.2, 0.25) is 0 Å². The Kier molecular flexibility index (Phi) is 10.3. The summed E-state index contributed by atoms with van der Waals surface area (Å²) in [6.45, 7) is 12.5. The predicted octanol–water partition coefficient (Wildman–Crippen LogP) is 5.32. The van der Waals surface area contributed by atoms with Crippen molar-refractivity contribution in [2.45, 2.75) is 94.5 Å². The number of fused-ring (bicyclic) bond motifs is 1. The number of anilines is 1. The van der Waals surface area contributed by atoms with Gasteiger partial charge in [-0.3, -0.25) is 14.4 Å². The van der Waals surface area contributed by atoms with Crippen molar-refractivity contribution in [3.63, 3.8) is 0 Å². The quantitative estimate of drug-likeness (QED) is 0.274. The van der Waals surface area contributed by atoms with E-state index < -0.39 is 35.1 Å². The van der Waals surface area contributed by atoms with Gasteiger partial charge in [-0.1, -0.05) is 61.7 Å². The number of aliphatic hydroxyl groups excluding tert-OH is 1. The fraction of sp³-hybridized carbons (Fsp3) is 0.525. The van der Waals surface area contributed by atoms with Gasteiger partial charge in [0.15, 0.2) is 0 Å². The Hall–Kier alpha value is -3.95. The highest BCUT2D eigenvalue weighted by molar-refractivity contribution is 6.03. The molecule has 0 aromatic heterocycles. The van der Waals surface area contributed by atoms with E-state index >= 15 is 9.59 Å². The van der Waals surface area contributed by atoms with Gasteiger partial charge in [0.25, 0.3) is 0 Å². The molecule has 4 aliphatic rings. The molecule has 2 aromatic rings. The number of nitrogens with zero attached hydrogens (tertiary/aromatic N) is 3. The summed E-state index contributed by atoms with van der Waals surface area (Å²) in [4.78, 5) is 50.2. The summed E-state index contributed by atoms with van der Waals surface area (Å²) >= 11 is 0. The second kappa shape index (κ2) is 14.5. The standard InChI is InChI=1S/C40H51N3O6/c1-5-24-41(30-18-20-32(21-19-30)48-7-3)36(45)33-34-37(46)43(31(27-44)26-28-14-10-8-11-15-28)35(40(34)23-22-39(33,4)49-40)38(47)42(25-6-2)29-16-12-9-13-17-29/h5-6,8,10-11,14-15,18-21,29,31,33-35,44H,1-2,7,9,12-13,16-17,22-27H2,3-4H3/t31-,33-,34+,35?,39+,40?/m1/s1. The number of aliphatic hydroxyl groups is 1. The molecule has 4 fully saturated rings. The molecule has 1 spiro atoms. The first-order valence-corrected chi connectivity index (χ1v) is 18.0. The van der Waals surface area contributed by atoms with Crippen molar-refractivity contribution < 1.29 is 29.0 Å². The fourth-order valence-electron chi connectivity index (χ4n) is 9.17. The largest absolute Gasteiger partial charge is 0.494 e. The Labute approximate surface area is 290 Å². The zero-order valence-electron chi connectivity index (χ0n) is 29.0. The minimum atomic E-state index is -1.21. The van der Waals surface area contributed by atoms with Crippen LogP contribution in [0.25, 0.3) is 0 Å². The molecular formula is C40H51N3O6. The van der Waals surface area contributed by atoms with Crippen molar-refractivity contribution in [3.8, 4) is 5.75 Å². The van der Waals surface area contributed by atoms with Crippen LogP contribution < -0.4 is 9.64 Å². The smallest absolute Gasteiger partial charge is 0.248 e. The Morgan fingerprint density at radius 3 is 2.35 bits per heavy atom. The van der Waals surface area contributed by atoms with Gasteiger partial charge in [-0.2, -0.15) is 0 Å². The summed E-state index contributed by atoms with van der Waals surface area (Å²) in [6.07, 6.45) is 9.79. The molecule has 3 aliphatic heterocycles. The summed E-state index contributed by atoms with van der Waals surface area (Å²) in [5, 5.41) is 10.9. The van der Waals surface area contributed by atoms with Crippen molar-refractivity contribution in [3.05, 3.63) is 85.5 Å². The number of likely N-dealkylation sites (tertiary alicyclic amines) is 1. The maximum atomic E-state index is 15.1. The molecule has 9 heteroatoms. The molecule has 3 heterocycles. The molecule has 2 bridgehead atoms. The maximum absolute atomic E-state index is 15.1. The fourth-order valence-corrected chi connectivity index (χ4v) is 9.17. The topological polar surface area (TPSA) is 99.6 Å². The van der Waals surface area contributed by atoms with Gasteiger partial charge in [0.05, 0.1) is 36.7 Å². The molecule has 2 unspecified atom stereocenters. The number of amides is 3. The van der Waals surface area contributed by atoms with Gasteiger partial charge in [-0.25, -0.2) is 0 Å². The number of carbonyl (C=O) groups excluding carboxylic acids is 3. The third kappa shape index (κ3) is 6.20. The lowest BCUT2D eigenvalue weighted by atomic mass is 9.66. The molecule has 49 heavy (non-hydrogen) atoms. The zero-order valence-corrected chi connectivity index (χ0v) is 29.0. The Balaban J connectivity index is 1.43. The van der Waals surface area contributed by atoms with Crippen LogP contribution in [0.15, 0.2) is 79.9 Å². The van der Waals surface area contributed by atoms with Crippen LogP contribution in [0, 0.1) is 11.8 Å². The molecule has 3 amide bonds. The molecule has 1 N–H and O–H groups in total. The summed E-state index contributed by atoms with van der Waals surface area (Å²) in [5.41, 5.74) is -0.548. The molecule has 1 aliphatic carbocycles. The van der Waals surface area contributed by atoms with E-state index in [1.54, 1.807) is 22.0 Å². The first-order chi connectivity index (χ1) is 23.7. The summed E-state index contributed by atoms with van der Waals surface area (Å²) in [7, 11) is 0. The molecule has 9 nitrogen and oxygen atoms in total.